The first kappa shape index (κ1) is 17.3. The number of carbonyl (C=O) groups excluding carboxylic acids is 1. The molecule has 0 aliphatic heterocycles. The van der Waals surface area contributed by atoms with Crippen molar-refractivity contribution in [1.29, 1.82) is 0 Å². The van der Waals surface area contributed by atoms with Crippen molar-refractivity contribution in [1.82, 2.24) is 5.32 Å². The molecule has 0 saturated heterocycles. The predicted octanol–water partition coefficient (Wildman–Crippen LogP) is 3.36. The molecule has 0 heterocycles. The van der Waals surface area contributed by atoms with Crippen LogP contribution in [0.1, 0.15) is 30.6 Å². The Morgan fingerprint density at radius 2 is 1.96 bits per heavy atom. The maximum Gasteiger partial charge on any atom is 0.239 e. The highest BCUT2D eigenvalue weighted by molar-refractivity contribution is 6.30. The standard InChI is InChI=1S/C18H21ClN2O2/c1-2-10-20-17(22)12-21-16-9-8-14(19)11-15(16)18(23)13-6-4-3-5-7-13/h3-9,11,18,21,23H,2,10,12H2,1H3,(H,20,22). The van der Waals surface area contributed by atoms with Crippen LogP contribution in [0.5, 0.6) is 0 Å². The fraction of sp³-hybridized carbons (Fsp3) is 0.278. The Morgan fingerprint density at radius 3 is 2.65 bits per heavy atom. The predicted molar refractivity (Wildman–Crippen MR) is 93.7 cm³/mol. The van der Waals surface area contributed by atoms with E-state index >= 15 is 0 Å². The zero-order valence-corrected chi connectivity index (χ0v) is 13.8. The number of nitrogens with one attached hydrogen (secondary N) is 2. The van der Waals surface area contributed by atoms with Crippen molar-refractivity contribution in [3.05, 3.63) is 64.7 Å². The molecule has 1 amide bonds. The van der Waals surface area contributed by atoms with Crippen LogP contribution in [0.15, 0.2) is 48.5 Å². The summed E-state index contributed by atoms with van der Waals surface area (Å²) in [5, 5.41) is 17.0. The van der Waals surface area contributed by atoms with Gasteiger partial charge in [0.15, 0.2) is 0 Å². The van der Waals surface area contributed by atoms with E-state index in [9.17, 15) is 9.90 Å². The van der Waals surface area contributed by atoms with Gasteiger partial charge >= 0.3 is 0 Å². The van der Waals surface area contributed by atoms with E-state index in [1.807, 2.05) is 37.3 Å². The van der Waals surface area contributed by atoms with Crippen LogP contribution in [0.3, 0.4) is 0 Å². The lowest BCUT2D eigenvalue weighted by Crippen LogP contribution is -2.30. The van der Waals surface area contributed by atoms with E-state index < -0.39 is 6.10 Å². The lowest BCUT2D eigenvalue weighted by molar-refractivity contribution is -0.119. The molecule has 2 aromatic carbocycles. The Balaban J connectivity index is 2.16. The van der Waals surface area contributed by atoms with Gasteiger partial charge in [0, 0.05) is 22.8 Å². The van der Waals surface area contributed by atoms with Gasteiger partial charge in [0.1, 0.15) is 6.10 Å². The van der Waals surface area contributed by atoms with Crippen LogP contribution >= 0.6 is 11.6 Å². The van der Waals surface area contributed by atoms with Crippen molar-refractivity contribution in [2.45, 2.75) is 19.4 Å². The molecule has 2 rings (SSSR count). The van der Waals surface area contributed by atoms with Gasteiger partial charge in [-0.05, 0) is 30.2 Å². The van der Waals surface area contributed by atoms with Crippen molar-refractivity contribution in [2.75, 3.05) is 18.4 Å². The van der Waals surface area contributed by atoms with Crippen molar-refractivity contribution < 1.29 is 9.90 Å². The zero-order valence-electron chi connectivity index (χ0n) is 13.1. The largest absolute Gasteiger partial charge is 0.384 e. The van der Waals surface area contributed by atoms with Gasteiger partial charge in [0.25, 0.3) is 0 Å². The number of hydrogen-bond donors (Lipinski definition) is 3. The topological polar surface area (TPSA) is 61.4 Å². The molecule has 122 valence electrons. The van der Waals surface area contributed by atoms with Gasteiger partial charge in [-0.3, -0.25) is 4.79 Å². The van der Waals surface area contributed by atoms with Gasteiger partial charge in [-0.2, -0.15) is 0 Å². The third-order valence-electron chi connectivity index (χ3n) is 3.44. The van der Waals surface area contributed by atoms with Crippen LogP contribution in [0.25, 0.3) is 0 Å². The first-order valence-electron chi connectivity index (χ1n) is 7.65. The second-order valence-corrected chi connectivity index (χ2v) is 5.68. The van der Waals surface area contributed by atoms with Gasteiger partial charge in [-0.15, -0.1) is 0 Å². The minimum absolute atomic E-state index is 0.0815. The van der Waals surface area contributed by atoms with E-state index in [2.05, 4.69) is 10.6 Å². The normalized spacial score (nSPS) is 11.8. The molecule has 3 N–H and O–H groups in total. The van der Waals surface area contributed by atoms with Crippen LogP contribution in [0.2, 0.25) is 5.02 Å². The second kappa shape index (κ2) is 8.56. The summed E-state index contributed by atoms with van der Waals surface area (Å²) in [6.07, 6.45) is 0.0843. The SMILES string of the molecule is CCCNC(=O)CNc1ccc(Cl)cc1C(O)c1ccccc1. The van der Waals surface area contributed by atoms with E-state index in [-0.39, 0.29) is 12.5 Å². The Morgan fingerprint density at radius 1 is 1.22 bits per heavy atom. The highest BCUT2D eigenvalue weighted by atomic mass is 35.5. The van der Waals surface area contributed by atoms with Gasteiger partial charge in [-0.1, -0.05) is 48.9 Å². The van der Waals surface area contributed by atoms with E-state index in [0.717, 1.165) is 12.0 Å². The maximum atomic E-state index is 11.7. The number of carbonyl (C=O) groups is 1. The molecule has 4 nitrogen and oxygen atoms in total. The molecule has 5 heteroatoms. The zero-order chi connectivity index (χ0) is 16.7. The van der Waals surface area contributed by atoms with E-state index in [1.165, 1.54) is 0 Å². The fourth-order valence-corrected chi connectivity index (χ4v) is 2.42. The van der Waals surface area contributed by atoms with Crippen LogP contribution in [-0.2, 0) is 4.79 Å². The summed E-state index contributed by atoms with van der Waals surface area (Å²) in [6, 6.07) is 14.6. The lowest BCUT2D eigenvalue weighted by Gasteiger charge is -2.17. The summed E-state index contributed by atoms with van der Waals surface area (Å²) in [7, 11) is 0. The number of amides is 1. The summed E-state index contributed by atoms with van der Waals surface area (Å²) in [5.74, 6) is -0.0815. The average Bonchev–Trinajstić information content (AvgIpc) is 2.59. The average molecular weight is 333 g/mol. The summed E-state index contributed by atoms with van der Waals surface area (Å²) >= 11 is 6.06. The minimum Gasteiger partial charge on any atom is -0.384 e. The molecule has 1 atom stereocenters. The molecule has 0 aliphatic rings. The minimum atomic E-state index is -0.809. The Labute approximate surface area is 141 Å². The van der Waals surface area contributed by atoms with Crippen molar-refractivity contribution in [3.8, 4) is 0 Å². The molecular formula is C18H21ClN2O2. The molecule has 1 unspecified atom stereocenters. The summed E-state index contributed by atoms with van der Waals surface area (Å²) < 4.78 is 0. The summed E-state index contributed by atoms with van der Waals surface area (Å²) in [6.45, 7) is 2.80. The molecule has 0 fully saturated rings. The van der Waals surface area contributed by atoms with Crippen molar-refractivity contribution >= 4 is 23.2 Å². The second-order valence-electron chi connectivity index (χ2n) is 5.25. The Hall–Kier alpha value is -2.04. The highest BCUT2D eigenvalue weighted by Gasteiger charge is 2.15. The van der Waals surface area contributed by atoms with Crippen LogP contribution in [0, 0.1) is 0 Å². The van der Waals surface area contributed by atoms with Gasteiger partial charge in [0.2, 0.25) is 5.91 Å². The van der Waals surface area contributed by atoms with E-state index in [1.54, 1.807) is 18.2 Å². The molecule has 0 radical (unpaired) electrons. The monoisotopic (exact) mass is 332 g/mol. The molecule has 0 spiro atoms. The third kappa shape index (κ3) is 4.98. The Bertz CT molecular complexity index is 647. The van der Waals surface area contributed by atoms with E-state index in [4.69, 9.17) is 11.6 Å². The summed E-state index contributed by atoms with van der Waals surface area (Å²) in [4.78, 5) is 11.7. The van der Waals surface area contributed by atoms with Crippen LogP contribution < -0.4 is 10.6 Å². The number of anilines is 1. The number of benzene rings is 2. The number of aliphatic hydroxyl groups is 1. The smallest absolute Gasteiger partial charge is 0.239 e. The third-order valence-corrected chi connectivity index (χ3v) is 3.67. The first-order valence-corrected chi connectivity index (χ1v) is 8.02. The molecule has 0 aliphatic carbocycles. The number of hydrogen-bond acceptors (Lipinski definition) is 3. The van der Waals surface area contributed by atoms with Gasteiger partial charge in [0.05, 0.1) is 6.54 Å². The van der Waals surface area contributed by atoms with E-state index in [0.29, 0.717) is 22.8 Å². The molecule has 2 aromatic rings. The molecule has 23 heavy (non-hydrogen) atoms. The fourth-order valence-electron chi connectivity index (χ4n) is 2.24. The molecule has 0 saturated carbocycles. The maximum absolute atomic E-state index is 11.7. The van der Waals surface area contributed by atoms with Crippen molar-refractivity contribution in [3.63, 3.8) is 0 Å². The number of halogens is 1. The van der Waals surface area contributed by atoms with Crippen molar-refractivity contribution in [2.24, 2.45) is 0 Å². The molecule has 0 bridgehead atoms. The lowest BCUT2D eigenvalue weighted by atomic mass is 10.00. The van der Waals surface area contributed by atoms with Crippen LogP contribution in [-0.4, -0.2) is 24.1 Å². The Kier molecular flexibility index (Phi) is 6.44. The highest BCUT2D eigenvalue weighted by Crippen LogP contribution is 2.30. The number of rotatable bonds is 7. The molecular weight excluding hydrogens is 312 g/mol. The van der Waals surface area contributed by atoms with Gasteiger partial charge < -0.3 is 15.7 Å². The van der Waals surface area contributed by atoms with Gasteiger partial charge in [-0.25, -0.2) is 0 Å². The summed E-state index contributed by atoms with van der Waals surface area (Å²) in [5.41, 5.74) is 2.11. The first-order chi connectivity index (χ1) is 11.1. The quantitative estimate of drug-likeness (QED) is 0.728. The van der Waals surface area contributed by atoms with Crippen LogP contribution in [0.4, 0.5) is 5.69 Å². The molecule has 0 aromatic heterocycles. The number of aliphatic hydroxyl groups excluding tert-OH is 1.